The Hall–Kier alpha value is -1.02. The van der Waals surface area contributed by atoms with Crippen molar-refractivity contribution >= 4 is 5.69 Å². The largest absolute Gasteiger partial charge is 0.382 e. The van der Waals surface area contributed by atoms with Crippen LogP contribution in [-0.4, -0.2) is 6.04 Å². The fraction of sp³-hybridized carbons (Fsp3) is 0.500. The van der Waals surface area contributed by atoms with Gasteiger partial charge in [0, 0.05) is 18.3 Å². The van der Waals surface area contributed by atoms with Crippen molar-refractivity contribution in [3.63, 3.8) is 0 Å². The van der Waals surface area contributed by atoms with E-state index in [1.54, 1.807) is 0 Å². The van der Waals surface area contributed by atoms with Crippen molar-refractivity contribution < 1.29 is 0 Å². The zero-order valence-corrected chi connectivity index (χ0v) is 8.72. The van der Waals surface area contributed by atoms with Gasteiger partial charge in [0.15, 0.2) is 0 Å². The normalized spacial score (nSPS) is 16.4. The molecule has 1 saturated carbocycles. The Kier molecular flexibility index (Phi) is 2.73. The van der Waals surface area contributed by atoms with Crippen LogP contribution in [0.4, 0.5) is 5.69 Å². The van der Waals surface area contributed by atoms with Gasteiger partial charge >= 0.3 is 0 Å². The molecule has 0 atom stereocenters. The van der Waals surface area contributed by atoms with Gasteiger partial charge in [0.25, 0.3) is 0 Å². The zero-order chi connectivity index (χ0) is 9.97. The zero-order valence-electron chi connectivity index (χ0n) is 8.72. The van der Waals surface area contributed by atoms with Gasteiger partial charge in [-0.2, -0.15) is 0 Å². The highest BCUT2D eigenvalue weighted by Crippen LogP contribution is 2.25. The molecule has 0 heterocycles. The molecule has 1 aromatic carbocycles. The first-order valence-electron chi connectivity index (χ1n) is 5.36. The minimum Gasteiger partial charge on any atom is -0.382 e. The Bertz CT molecular complexity index is 316. The van der Waals surface area contributed by atoms with Crippen LogP contribution in [0.2, 0.25) is 0 Å². The second kappa shape index (κ2) is 4.01. The first kappa shape index (κ1) is 9.53. The van der Waals surface area contributed by atoms with Gasteiger partial charge in [-0.25, -0.2) is 0 Å². The molecule has 1 aliphatic carbocycles. The molecule has 0 spiro atoms. The second-order valence-corrected chi connectivity index (χ2v) is 4.14. The summed E-state index contributed by atoms with van der Waals surface area (Å²) in [4.78, 5) is 0. The molecule has 0 aliphatic heterocycles. The Balaban J connectivity index is 2.14. The topological polar surface area (TPSA) is 38.0 Å². The fourth-order valence-corrected chi connectivity index (χ4v) is 1.80. The lowest BCUT2D eigenvalue weighted by atomic mass is 9.92. The van der Waals surface area contributed by atoms with Crippen molar-refractivity contribution in [3.05, 3.63) is 29.3 Å². The van der Waals surface area contributed by atoms with E-state index >= 15 is 0 Å². The highest BCUT2D eigenvalue weighted by atomic mass is 14.9. The lowest BCUT2D eigenvalue weighted by Crippen LogP contribution is -2.27. The summed E-state index contributed by atoms with van der Waals surface area (Å²) < 4.78 is 0. The van der Waals surface area contributed by atoms with E-state index in [2.05, 4.69) is 30.4 Å². The third-order valence-electron chi connectivity index (χ3n) is 2.95. The maximum Gasteiger partial charge on any atom is 0.0388 e. The summed E-state index contributed by atoms with van der Waals surface area (Å²) in [6.07, 6.45) is 3.97. The van der Waals surface area contributed by atoms with Gasteiger partial charge in [0.2, 0.25) is 0 Å². The number of aryl methyl sites for hydroxylation is 1. The van der Waals surface area contributed by atoms with E-state index in [1.165, 1.54) is 36.1 Å². The molecule has 2 rings (SSSR count). The molecule has 1 fully saturated rings. The third kappa shape index (κ3) is 1.90. The molecule has 14 heavy (non-hydrogen) atoms. The average molecular weight is 190 g/mol. The van der Waals surface area contributed by atoms with Gasteiger partial charge in [-0.05, 0) is 37.8 Å². The Morgan fingerprint density at radius 3 is 2.79 bits per heavy atom. The molecule has 0 unspecified atom stereocenters. The average Bonchev–Trinajstić information content (AvgIpc) is 2.13. The molecule has 1 aliphatic rings. The molecule has 0 bridgehead atoms. The molecule has 2 nitrogen and oxygen atoms in total. The number of hydrogen-bond acceptors (Lipinski definition) is 2. The number of benzene rings is 1. The quantitative estimate of drug-likeness (QED) is 0.768. The van der Waals surface area contributed by atoms with Crippen LogP contribution in [0.15, 0.2) is 18.2 Å². The van der Waals surface area contributed by atoms with Crippen molar-refractivity contribution in [2.24, 2.45) is 5.73 Å². The Morgan fingerprint density at radius 1 is 1.43 bits per heavy atom. The third-order valence-corrected chi connectivity index (χ3v) is 2.95. The summed E-state index contributed by atoms with van der Waals surface area (Å²) in [5, 5.41) is 3.55. The number of hydrogen-bond donors (Lipinski definition) is 2. The molecule has 0 radical (unpaired) electrons. The summed E-state index contributed by atoms with van der Waals surface area (Å²) in [6.45, 7) is 2.73. The molecular formula is C12H18N2. The van der Waals surface area contributed by atoms with Crippen LogP contribution in [0.3, 0.4) is 0 Å². The van der Waals surface area contributed by atoms with E-state index in [0.29, 0.717) is 12.6 Å². The standard InChI is InChI=1S/C12H18N2/c1-9-5-6-12(10(7-9)8-13)14-11-3-2-4-11/h5-7,11,14H,2-4,8,13H2,1H3. The van der Waals surface area contributed by atoms with Crippen molar-refractivity contribution in [3.8, 4) is 0 Å². The van der Waals surface area contributed by atoms with Gasteiger partial charge < -0.3 is 11.1 Å². The van der Waals surface area contributed by atoms with E-state index in [-0.39, 0.29) is 0 Å². The summed E-state index contributed by atoms with van der Waals surface area (Å²) in [5.41, 5.74) is 9.45. The van der Waals surface area contributed by atoms with Crippen LogP contribution < -0.4 is 11.1 Å². The second-order valence-electron chi connectivity index (χ2n) is 4.14. The van der Waals surface area contributed by atoms with E-state index < -0.39 is 0 Å². The van der Waals surface area contributed by atoms with Crippen LogP contribution in [0.5, 0.6) is 0 Å². The Labute approximate surface area is 85.5 Å². The summed E-state index contributed by atoms with van der Waals surface area (Å²) in [7, 11) is 0. The first-order valence-corrected chi connectivity index (χ1v) is 5.36. The predicted octanol–water partition coefficient (Wildman–Crippen LogP) is 2.42. The van der Waals surface area contributed by atoms with Crippen molar-refractivity contribution in [1.82, 2.24) is 0 Å². The lowest BCUT2D eigenvalue weighted by Gasteiger charge is -2.28. The van der Waals surface area contributed by atoms with Crippen molar-refractivity contribution in [2.75, 3.05) is 5.32 Å². The minimum atomic E-state index is 0.622. The van der Waals surface area contributed by atoms with Gasteiger partial charge in [-0.15, -0.1) is 0 Å². The summed E-state index contributed by atoms with van der Waals surface area (Å²) in [5.74, 6) is 0. The van der Waals surface area contributed by atoms with Gasteiger partial charge in [-0.1, -0.05) is 17.7 Å². The highest BCUT2D eigenvalue weighted by molar-refractivity contribution is 5.53. The molecule has 76 valence electrons. The molecule has 3 N–H and O–H groups in total. The molecule has 0 aromatic heterocycles. The summed E-state index contributed by atoms with van der Waals surface area (Å²) >= 11 is 0. The predicted molar refractivity (Wildman–Crippen MR) is 60.3 cm³/mol. The SMILES string of the molecule is Cc1ccc(NC2CCC2)c(CN)c1. The van der Waals surface area contributed by atoms with Gasteiger partial charge in [0.05, 0.1) is 0 Å². The van der Waals surface area contributed by atoms with E-state index in [9.17, 15) is 0 Å². The van der Waals surface area contributed by atoms with Crippen LogP contribution in [0, 0.1) is 6.92 Å². The maximum atomic E-state index is 5.71. The van der Waals surface area contributed by atoms with Gasteiger partial charge in [0.1, 0.15) is 0 Å². The monoisotopic (exact) mass is 190 g/mol. The highest BCUT2D eigenvalue weighted by Gasteiger charge is 2.17. The fourth-order valence-electron chi connectivity index (χ4n) is 1.80. The smallest absolute Gasteiger partial charge is 0.0388 e. The number of anilines is 1. The van der Waals surface area contributed by atoms with Crippen LogP contribution >= 0.6 is 0 Å². The first-order chi connectivity index (χ1) is 6.79. The van der Waals surface area contributed by atoms with Crippen LogP contribution in [-0.2, 0) is 6.54 Å². The summed E-state index contributed by atoms with van der Waals surface area (Å²) in [6, 6.07) is 7.14. The lowest BCUT2D eigenvalue weighted by molar-refractivity contribution is 0.445. The van der Waals surface area contributed by atoms with Gasteiger partial charge in [-0.3, -0.25) is 0 Å². The van der Waals surface area contributed by atoms with E-state index in [0.717, 1.165) is 0 Å². The van der Waals surface area contributed by atoms with E-state index in [4.69, 9.17) is 5.73 Å². The van der Waals surface area contributed by atoms with Crippen molar-refractivity contribution in [2.45, 2.75) is 38.8 Å². The minimum absolute atomic E-state index is 0.622. The number of nitrogens with one attached hydrogen (secondary N) is 1. The number of nitrogens with two attached hydrogens (primary N) is 1. The molecule has 0 saturated heterocycles. The maximum absolute atomic E-state index is 5.71. The Morgan fingerprint density at radius 2 is 2.21 bits per heavy atom. The van der Waals surface area contributed by atoms with E-state index in [1.807, 2.05) is 0 Å². The van der Waals surface area contributed by atoms with Crippen LogP contribution in [0.25, 0.3) is 0 Å². The number of rotatable bonds is 3. The van der Waals surface area contributed by atoms with Crippen LogP contribution in [0.1, 0.15) is 30.4 Å². The molecule has 1 aromatic rings. The molecular weight excluding hydrogens is 172 g/mol. The molecule has 0 amide bonds. The molecule has 2 heteroatoms. The van der Waals surface area contributed by atoms with Crippen molar-refractivity contribution in [1.29, 1.82) is 0 Å².